The van der Waals surface area contributed by atoms with Crippen LogP contribution in [0.25, 0.3) is 22.2 Å². The monoisotopic (exact) mass is 475 g/mol. The van der Waals surface area contributed by atoms with Crippen molar-refractivity contribution in [2.24, 2.45) is 5.41 Å². The molecule has 9 heteroatoms. The average molecular weight is 476 g/mol. The molecule has 4 rings (SSSR count). The van der Waals surface area contributed by atoms with Crippen molar-refractivity contribution in [2.45, 2.75) is 53.0 Å². The maximum atomic E-state index is 10.9. The molecule has 2 heterocycles. The Balaban J connectivity index is 1.41. The zero-order valence-electron chi connectivity index (χ0n) is 18.7. The quantitative estimate of drug-likeness (QED) is 0.313. The summed E-state index contributed by atoms with van der Waals surface area (Å²) in [6.45, 7) is 8.04. The summed E-state index contributed by atoms with van der Waals surface area (Å²) in [5.74, 6) is 1.18. The number of fused-ring (bicyclic) bond motifs is 1. The molecule has 0 unspecified atom stereocenters. The first-order chi connectivity index (χ1) is 15.1. The lowest BCUT2D eigenvalue weighted by Crippen LogP contribution is -2.21. The molecule has 0 radical (unpaired) electrons. The van der Waals surface area contributed by atoms with Crippen molar-refractivity contribution in [3.63, 3.8) is 0 Å². The van der Waals surface area contributed by atoms with Crippen molar-refractivity contribution in [2.75, 3.05) is 12.7 Å². The van der Waals surface area contributed by atoms with Crippen LogP contribution in [0.5, 0.6) is 0 Å². The Hall–Kier alpha value is -1.83. The summed E-state index contributed by atoms with van der Waals surface area (Å²) in [5.41, 5.74) is 5.15. The van der Waals surface area contributed by atoms with E-state index in [1.807, 2.05) is 24.3 Å². The number of aromatic nitrogens is 2. The van der Waals surface area contributed by atoms with Gasteiger partial charge in [0.25, 0.3) is 5.89 Å². The van der Waals surface area contributed by atoms with Gasteiger partial charge in [0, 0.05) is 17.0 Å². The second-order valence-corrected chi connectivity index (χ2v) is 12.3. The third-order valence-electron chi connectivity index (χ3n) is 5.99. The summed E-state index contributed by atoms with van der Waals surface area (Å²) >= 11 is 1.76. The van der Waals surface area contributed by atoms with Gasteiger partial charge in [0.15, 0.2) is 0 Å². The first-order valence-corrected chi connectivity index (χ1v) is 13.5. The Morgan fingerprint density at radius 3 is 2.69 bits per heavy atom. The van der Waals surface area contributed by atoms with Gasteiger partial charge >= 0.3 is 7.60 Å². The van der Waals surface area contributed by atoms with Gasteiger partial charge in [0.1, 0.15) is 0 Å². The fraction of sp³-hybridized carbons (Fsp3) is 0.478. The summed E-state index contributed by atoms with van der Waals surface area (Å²) < 4.78 is 16.5. The Morgan fingerprint density at radius 2 is 1.97 bits per heavy atom. The SMILES string of the molecule is Cc1sc(-c2nc(-c3ccc(CNCCCP(=O)(O)O)cc3)no2)c2c1CC(C)(C)CC2. The molecule has 0 atom stereocenters. The highest BCUT2D eigenvalue weighted by Crippen LogP contribution is 2.44. The van der Waals surface area contributed by atoms with E-state index < -0.39 is 7.60 Å². The molecule has 1 aliphatic carbocycles. The molecular weight excluding hydrogens is 445 g/mol. The van der Waals surface area contributed by atoms with Crippen molar-refractivity contribution < 1.29 is 18.9 Å². The van der Waals surface area contributed by atoms with Crippen molar-refractivity contribution in [3.05, 3.63) is 45.8 Å². The van der Waals surface area contributed by atoms with E-state index in [1.54, 1.807) is 11.3 Å². The molecule has 3 N–H and O–H groups in total. The Morgan fingerprint density at radius 1 is 1.22 bits per heavy atom. The van der Waals surface area contributed by atoms with Gasteiger partial charge in [-0.1, -0.05) is 43.3 Å². The van der Waals surface area contributed by atoms with E-state index in [9.17, 15) is 4.57 Å². The number of nitrogens with one attached hydrogen (secondary N) is 1. The van der Waals surface area contributed by atoms with Gasteiger partial charge in [-0.05, 0) is 61.3 Å². The first kappa shape index (κ1) is 23.3. The molecule has 0 spiro atoms. The highest BCUT2D eigenvalue weighted by Gasteiger charge is 2.31. The maximum absolute atomic E-state index is 10.9. The molecule has 32 heavy (non-hydrogen) atoms. The van der Waals surface area contributed by atoms with Gasteiger partial charge in [-0.15, -0.1) is 11.3 Å². The average Bonchev–Trinajstić information content (AvgIpc) is 3.32. The van der Waals surface area contributed by atoms with Gasteiger partial charge in [0.05, 0.1) is 11.0 Å². The lowest BCUT2D eigenvalue weighted by Gasteiger charge is -2.30. The Labute approximate surface area is 192 Å². The van der Waals surface area contributed by atoms with Gasteiger partial charge in [0.2, 0.25) is 5.82 Å². The molecule has 172 valence electrons. The van der Waals surface area contributed by atoms with E-state index >= 15 is 0 Å². The topological polar surface area (TPSA) is 108 Å². The third kappa shape index (κ3) is 5.56. The minimum atomic E-state index is -3.91. The van der Waals surface area contributed by atoms with Crippen molar-refractivity contribution >= 4 is 18.9 Å². The Kier molecular flexibility index (Phi) is 6.71. The van der Waals surface area contributed by atoms with Crippen molar-refractivity contribution in [3.8, 4) is 22.2 Å². The molecular formula is C23H30N3O4PS. The molecule has 0 fully saturated rings. The second-order valence-electron chi connectivity index (χ2n) is 9.32. The lowest BCUT2D eigenvalue weighted by molar-refractivity contribution is 0.315. The van der Waals surface area contributed by atoms with E-state index in [2.05, 4.69) is 31.2 Å². The number of aryl methyl sites for hydroxylation is 1. The normalized spacial score (nSPS) is 15.7. The number of hydrogen-bond donors (Lipinski definition) is 3. The zero-order chi connectivity index (χ0) is 22.9. The third-order valence-corrected chi connectivity index (χ3v) is 8.07. The van der Waals surface area contributed by atoms with Crippen LogP contribution < -0.4 is 5.32 Å². The van der Waals surface area contributed by atoms with Crippen LogP contribution in [-0.2, 0) is 24.0 Å². The molecule has 7 nitrogen and oxygen atoms in total. The standard InChI is InChI=1S/C23H30N3O4PS/c1-15-19-13-23(2,3)10-9-18(19)20(32-15)22-25-21(26-30-22)17-7-5-16(6-8-17)14-24-11-4-12-31(27,28)29/h5-8,24H,4,9-14H2,1-3H3,(H2,27,28,29). The van der Waals surface area contributed by atoms with Gasteiger partial charge in [-0.25, -0.2) is 0 Å². The minimum Gasteiger partial charge on any atom is -0.333 e. The molecule has 1 aromatic carbocycles. The minimum absolute atomic E-state index is 0.0934. The predicted molar refractivity (Wildman–Crippen MR) is 127 cm³/mol. The molecule has 2 aromatic heterocycles. The van der Waals surface area contributed by atoms with E-state index in [1.165, 1.54) is 22.4 Å². The van der Waals surface area contributed by atoms with Gasteiger partial charge in [-0.2, -0.15) is 4.98 Å². The number of nitrogens with zero attached hydrogens (tertiary/aromatic N) is 2. The van der Waals surface area contributed by atoms with Crippen LogP contribution in [0, 0.1) is 12.3 Å². The largest absolute Gasteiger partial charge is 0.333 e. The molecule has 0 bridgehead atoms. The molecule has 0 saturated heterocycles. The molecule has 1 aliphatic rings. The maximum Gasteiger partial charge on any atom is 0.325 e. The lowest BCUT2D eigenvalue weighted by atomic mass is 9.74. The smallest absolute Gasteiger partial charge is 0.325 e. The van der Waals surface area contributed by atoms with Crippen LogP contribution in [0.1, 0.15) is 48.3 Å². The van der Waals surface area contributed by atoms with E-state index in [-0.39, 0.29) is 6.16 Å². The predicted octanol–water partition coefficient (Wildman–Crippen LogP) is 4.95. The zero-order valence-corrected chi connectivity index (χ0v) is 20.4. The summed E-state index contributed by atoms with van der Waals surface area (Å²) in [5, 5.41) is 7.42. The summed E-state index contributed by atoms with van der Waals surface area (Å²) in [7, 11) is -3.91. The van der Waals surface area contributed by atoms with Crippen LogP contribution in [0.2, 0.25) is 0 Å². The van der Waals surface area contributed by atoms with E-state index in [4.69, 9.17) is 19.3 Å². The fourth-order valence-corrected chi connectivity index (χ4v) is 5.89. The number of thiophene rings is 1. The van der Waals surface area contributed by atoms with Crippen LogP contribution in [0.4, 0.5) is 0 Å². The van der Waals surface area contributed by atoms with E-state index in [0.717, 1.165) is 28.8 Å². The van der Waals surface area contributed by atoms with Gasteiger partial charge < -0.3 is 19.6 Å². The first-order valence-electron chi connectivity index (χ1n) is 10.9. The number of benzene rings is 1. The Bertz CT molecular complexity index is 1130. The highest BCUT2D eigenvalue weighted by atomic mass is 32.1. The number of rotatable bonds is 8. The van der Waals surface area contributed by atoms with Crippen LogP contribution in [0.3, 0.4) is 0 Å². The second kappa shape index (κ2) is 9.20. The fourth-order valence-electron chi connectivity index (χ4n) is 4.17. The van der Waals surface area contributed by atoms with Crippen LogP contribution in [-0.4, -0.2) is 32.6 Å². The summed E-state index contributed by atoms with van der Waals surface area (Å²) in [6.07, 6.45) is 3.66. The molecule has 3 aromatic rings. The molecule has 0 aliphatic heterocycles. The summed E-state index contributed by atoms with van der Waals surface area (Å²) in [4.78, 5) is 24.9. The molecule has 0 amide bonds. The van der Waals surface area contributed by atoms with Crippen molar-refractivity contribution in [1.82, 2.24) is 15.5 Å². The summed E-state index contributed by atoms with van der Waals surface area (Å²) in [6, 6.07) is 7.94. The molecule has 0 saturated carbocycles. The van der Waals surface area contributed by atoms with Crippen LogP contribution >= 0.6 is 18.9 Å². The van der Waals surface area contributed by atoms with Crippen LogP contribution in [0.15, 0.2) is 28.8 Å². The van der Waals surface area contributed by atoms with Gasteiger partial charge in [-0.3, -0.25) is 4.57 Å². The highest BCUT2D eigenvalue weighted by molar-refractivity contribution is 7.51. The number of hydrogen-bond acceptors (Lipinski definition) is 6. The van der Waals surface area contributed by atoms with E-state index in [0.29, 0.717) is 36.6 Å². The van der Waals surface area contributed by atoms with Crippen molar-refractivity contribution in [1.29, 1.82) is 0 Å².